The second kappa shape index (κ2) is 7.53. The molecule has 0 radical (unpaired) electrons. The fraction of sp³-hybridized carbons (Fsp3) is 0.429. The lowest BCUT2D eigenvalue weighted by Crippen LogP contribution is -2.32. The molecule has 0 aliphatic rings. The summed E-state index contributed by atoms with van der Waals surface area (Å²) >= 11 is 0. The van der Waals surface area contributed by atoms with Crippen LogP contribution in [0.25, 0.3) is 0 Å². The number of esters is 1. The van der Waals surface area contributed by atoms with Crippen LogP contribution in [-0.4, -0.2) is 44.5 Å². The normalized spacial score (nSPS) is 10.1. The summed E-state index contributed by atoms with van der Waals surface area (Å²) in [6, 6.07) is 7.62. The first kappa shape index (κ1) is 15.2. The third kappa shape index (κ3) is 5.09. The van der Waals surface area contributed by atoms with Crippen LogP contribution >= 0.6 is 0 Å². The average Bonchev–Trinajstić information content (AvgIpc) is 2.40. The topological polar surface area (TPSA) is 58.6 Å². The van der Waals surface area contributed by atoms with Crippen LogP contribution in [0.3, 0.4) is 0 Å². The fourth-order valence-corrected chi connectivity index (χ4v) is 1.59. The first-order valence-corrected chi connectivity index (χ1v) is 6.09. The summed E-state index contributed by atoms with van der Waals surface area (Å²) in [7, 11) is 4.81. The van der Waals surface area contributed by atoms with E-state index >= 15 is 0 Å². The first-order valence-electron chi connectivity index (χ1n) is 6.09. The van der Waals surface area contributed by atoms with Gasteiger partial charge in [0.2, 0.25) is 5.91 Å². The van der Waals surface area contributed by atoms with Gasteiger partial charge in [-0.15, -0.1) is 0 Å². The Kier molecular flexibility index (Phi) is 6.02. The Morgan fingerprint density at radius 1 is 1.21 bits per heavy atom. The maximum Gasteiger partial charge on any atom is 0.309 e. The highest BCUT2D eigenvalue weighted by molar-refractivity contribution is 5.77. The Morgan fingerprint density at radius 3 is 2.42 bits per heavy atom. The second-order valence-electron chi connectivity index (χ2n) is 4.41. The molecule has 1 aromatic carbocycles. The van der Waals surface area contributed by atoms with Crippen LogP contribution < -0.4 is 5.32 Å². The minimum atomic E-state index is -0.267. The molecule has 0 aliphatic heterocycles. The molecule has 0 fully saturated rings. The molecule has 0 bridgehead atoms. The van der Waals surface area contributed by atoms with Crippen molar-refractivity contribution in [2.24, 2.45) is 0 Å². The molecular weight excluding hydrogens is 244 g/mol. The maximum absolute atomic E-state index is 11.4. The van der Waals surface area contributed by atoms with Crippen LogP contribution in [0.5, 0.6) is 0 Å². The van der Waals surface area contributed by atoms with Gasteiger partial charge in [0.15, 0.2) is 0 Å². The molecule has 104 valence electrons. The van der Waals surface area contributed by atoms with Crippen molar-refractivity contribution < 1.29 is 14.3 Å². The molecule has 0 unspecified atom stereocenters. The predicted octanol–water partition coefficient (Wildman–Crippen LogP) is 0.580. The standard InChI is InChI=1S/C14H20N2O3/c1-16(2)13(17)10-15-9-12-7-5-4-6-11(12)8-14(18)19-3/h4-7,15H,8-10H2,1-3H3. The van der Waals surface area contributed by atoms with Gasteiger partial charge in [-0.05, 0) is 11.1 Å². The van der Waals surface area contributed by atoms with E-state index in [-0.39, 0.29) is 24.8 Å². The molecule has 0 spiro atoms. The van der Waals surface area contributed by atoms with E-state index in [2.05, 4.69) is 10.1 Å². The van der Waals surface area contributed by atoms with Crippen LogP contribution in [0.15, 0.2) is 24.3 Å². The number of nitrogens with zero attached hydrogens (tertiary/aromatic N) is 1. The molecular formula is C14H20N2O3. The van der Waals surface area contributed by atoms with Gasteiger partial charge in [0.05, 0.1) is 20.1 Å². The summed E-state index contributed by atoms with van der Waals surface area (Å²) in [5.74, 6) is -0.248. The Morgan fingerprint density at radius 2 is 1.84 bits per heavy atom. The van der Waals surface area contributed by atoms with Crippen molar-refractivity contribution in [1.29, 1.82) is 0 Å². The van der Waals surface area contributed by atoms with Gasteiger partial charge in [-0.1, -0.05) is 24.3 Å². The summed E-state index contributed by atoms with van der Waals surface area (Å²) in [6.45, 7) is 0.826. The number of hydrogen-bond donors (Lipinski definition) is 1. The van der Waals surface area contributed by atoms with Crippen LogP contribution in [0.2, 0.25) is 0 Å². The number of hydrogen-bond acceptors (Lipinski definition) is 4. The number of amides is 1. The monoisotopic (exact) mass is 264 g/mol. The van der Waals surface area contributed by atoms with Crippen molar-refractivity contribution in [1.82, 2.24) is 10.2 Å². The molecule has 1 N–H and O–H groups in total. The highest BCUT2D eigenvalue weighted by Gasteiger charge is 2.08. The summed E-state index contributed by atoms with van der Waals surface area (Å²) in [5.41, 5.74) is 1.92. The number of methoxy groups -OCH3 is 1. The summed E-state index contributed by atoms with van der Waals surface area (Å²) in [6.07, 6.45) is 0.246. The quantitative estimate of drug-likeness (QED) is 0.764. The zero-order valence-electron chi connectivity index (χ0n) is 11.6. The number of carbonyl (C=O) groups excluding carboxylic acids is 2. The van der Waals surface area contributed by atoms with Gasteiger partial charge in [-0.25, -0.2) is 0 Å². The zero-order valence-corrected chi connectivity index (χ0v) is 11.6. The van der Waals surface area contributed by atoms with E-state index in [1.165, 1.54) is 12.0 Å². The van der Waals surface area contributed by atoms with Crippen molar-refractivity contribution >= 4 is 11.9 Å². The van der Waals surface area contributed by atoms with Crippen molar-refractivity contribution in [3.05, 3.63) is 35.4 Å². The van der Waals surface area contributed by atoms with Crippen LogP contribution in [0.1, 0.15) is 11.1 Å². The van der Waals surface area contributed by atoms with Crippen molar-refractivity contribution in [3.63, 3.8) is 0 Å². The zero-order chi connectivity index (χ0) is 14.3. The van der Waals surface area contributed by atoms with E-state index in [0.29, 0.717) is 6.54 Å². The van der Waals surface area contributed by atoms with Gasteiger partial charge in [0, 0.05) is 20.6 Å². The molecule has 0 heterocycles. The lowest BCUT2D eigenvalue weighted by molar-refractivity contribution is -0.139. The summed E-state index contributed by atoms with van der Waals surface area (Å²) in [4.78, 5) is 24.3. The van der Waals surface area contributed by atoms with E-state index in [0.717, 1.165) is 11.1 Å². The largest absolute Gasteiger partial charge is 0.469 e. The van der Waals surface area contributed by atoms with E-state index < -0.39 is 0 Å². The predicted molar refractivity (Wildman–Crippen MR) is 72.6 cm³/mol. The first-order chi connectivity index (χ1) is 9.04. The maximum atomic E-state index is 11.4. The van der Waals surface area contributed by atoms with Crippen LogP contribution in [0, 0.1) is 0 Å². The van der Waals surface area contributed by atoms with E-state index in [9.17, 15) is 9.59 Å². The molecule has 0 atom stereocenters. The highest BCUT2D eigenvalue weighted by Crippen LogP contribution is 2.09. The third-order valence-electron chi connectivity index (χ3n) is 2.77. The van der Waals surface area contributed by atoms with E-state index in [1.807, 2.05) is 24.3 Å². The van der Waals surface area contributed by atoms with Crippen molar-refractivity contribution in [3.8, 4) is 0 Å². The van der Waals surface area contributed by atoms with E-state index in [1.54, 1.807) is 14.1 Å². The van der Waals surface area contributed by atoms with Crippen molar-refractivity contribution in [2.45, 2.75) is 13.0 Å². The lowest BCUT2D eigenvalue weighted by atomic mass is 10.0. The Hall–Kier alpha value is -1.88. The van der Waals surface area contributed by atoms with Gasteiger partial charge < -0.3 is 15.0 Å². The second-order valence-corrected chi connectivity index (χ2v) is 4.41. The summed E-state index contributed by atoms with van der Waals surface area (Å²) in [5, 5.41) is 3.07. The third-order valence-corrected chi connectivity index (χ3v) is 2.77. The lowest BCUT2D eigenvalue weighted by Gasteiger charge is -2.12. The molecule has 0 saturated heterocycles. The minimum absolute atomic E-state index is 0.0189. The number of rotatable bonds is 6. The molecule has 1 rings (SSSR count). The highest BCUT2D eigenvalue weighted by atomic mass is 16.5. The number of nitrogens with one attached hydrogen (secondary N) is 1. The molecule has 19 heavy (non-hydrogen) atoms. The van der Waals surface area contributed by atoms with Gasteiger partial charge >= 0.3 is 5.97 Å². The molecule has 5 heteroatoms. The van der Waals surface area contributed by atoms with Gasteiger partial charge in [0.1, 0.15) is 0 Å². The Bertz CT molecular complexity index is 444. The number of likely N-dealkylation sites (N-methyl/N-ethyl adjacent to an activating group) is 1. The summed E-state index contributed by atoms with van der Waals surface area (Å²) < 4.78 is 4.66. The van der Waals surface area contributed by atoms with Crippen molar-refractivity contribution in [2.75, 3.05) is 27.7 Å². The van der Waals surface area contributed by atoms with Gasteiger partial charge in [0.25, 0.3) is 0 Å². The van der Waals surface area contributed by atoms with Crippen LogP contribution in [-0.2, 0) is 27.3 Å². The minimum Gasteiger partial charge on any atom is -0.469 e. The molecule has 0 aliphatic carbocycles. The molecule has 1 aromatic rings. The molecule has 0 saturated carbocycles. The molecule has 1 amide bonds. The molecule has 0 aromatic heterocycles. The van der Waals surface area contributed by atoms with Crippen LogP contribution in [0.4, 0.5) is 0 Å². The average molecular weight is 264 g/mol. The number of ether oxygens (including phenoxy) is 1. The SMILES string of the molecule is COC(=O)Cc1ccccc1CNCC(=O)N(C)C. The number of carbonyl (C=O) groups is 2. The molecule has 5 nitrogen and oxygen atoms in total. The smallest absolute Gasteiger partial charge is 0.309 e. The van der Waals surface area contributed by atoms with E-state index in [4.69, 9.17) is 0 Å². The van der Waals surface area contributed by atoms with Gasteiger partial charge in [-0.2, -0.15) is 0 Å². The number of benzene rings is 1. The Balaban J connectivity index is 2.58. The van der Waals surface area contributed by atoms with Gasteiger partial charge in [-0.3, -0.25) is 9.59 Å². The fourth-order valence-electron chi connectivity index (χ4n) is 1.59. The Labute approximate surface area is 113 Å².